The van der Waals surface area contributed by atoms with E-state index in [0.29, 0.717) is 23.0 Å². The van der Waals surface area contributed by atoms with Crippen molar-refractivity contribution in [2.24, 2.45) is 0 Å². The Morgan fingerprint density at radius 2 is 1.73 bits per heavy atom. The third kappa shape index (κ3) is 4.93. The van der Waals surface area contributed by atoms with Crippen LogP contribution in [0.15, 0.2) is 100 Å². The molecule has 0 saturated heterocycles. The van der Waals surface area contributed by atoms with E-state index >= 15 is 0 Å². The summed E-state index contributed by atoms with van der Waals surface area (Å²) in [6.07, 6.45) is 5.55. The Morgan fingerprint density at radius 1 is 1.00 bits per heavy atom. The fourth-order valence-corrected chi connectivity index (χ4v) is 4.39. The number of hydrogen-bond donors (Lipinski definition) is 1. The van der Waals surface area contributed by atoms with E-state index in [1.165, 1.54) is 17.3 Å². The van der Waals surface area contributed by atoms with Crippen LogP contribution in [0.1, 0.15) is 15.9 Å². The minimum atomic E-state index is -0.224. The summed E-state index contributed by atoms with van der Waals surface area (Å²) in [6.45, 7) is 0.696. The Hall–Kier alpha value is -3.03. The van der Waals surface area contributed by atoms with Crippen LogP contribution < -0.4 is 5.32 Å². The number of rotatable bonds is 7. The second-order valence-electron chi connectivity index (χ2n) is 6.45. The number of benzene rings is 2. The van der Waals surface area contributed by atoms with Crippen LogP contribution in [0.25, 0.3) is 0 Å². The zero-order valence-electron chi connectivity index (χ0n) is 16.4. The topological polar surface area (TPSA) is 59.8 Å². The number of pyridine rings is 1. The van der Waals surface area contributed by atoms with Gasteiger partial charge in [0.05, 0.1) is 5.56 Å². The average molecular weight is 433 g/mol. The van der Waals surface area contributed by atoms with Gasteiger partial charge in [0.1, 0.15) is 5.03 Å². The van der Waals surface area contributed by atoms with Crippen LogP contribution in [0.4, 0.5) is 5.82 Å². The lowest BCUT2D eigenvalue weighted by atomic mass is 10.2. The summed E-state index contributed by atoms with van der Waals surface area (Å²) in [5, 5.41) is 4.44. The van der Waals surface area contributed by atoms with Crippen LogP contribution >= 0.6 is 23.5 Å². The van der Waals surface area contributed by atoms with Crippen molar-refractivity contribution >= 4 is 35.2 Å². The molecule has 0 aliphatic carbocycles. The molecule has 2 aromatic carbocycles. The highest BCUT2D eigenvalue weighted by molar-refractivity contribution is 7.99. The fourth-order valence-electron chi connectivity index (χ4n) is 2.94. The average Bonchev–Trinajstić information content (AvgIpc) is 3.16. The molecule has 2 aromatic heterocycles. The molecule has 0 atom stereocenters. The molecule has 30 heavy (non-hydrogen) atoms. The summed E-state index contributed by atoms with van der Waals surface area (Å²) in [5.74, 6) is 0.304. The Morgan fingerprint density at radius 3 is 2.47 bits per heavy atom. The highest BCUT2D eigenvalue weighted by Gasteiger charge is 2.16. The number of anilines is 1. The summed E-state index contributed by atoms with van der Waals surface area (Å²) < 4.78 is 2.04. The molecule has 0 radical (unpaired) electrons. The van der Waals surface area contributed by atoms with Crippen molar-refractivity contribution in [3.8, 4) is 0 Å². The van der Waals surface area contributed by atoms with Gasteiger partial charge < -0.3 is 9.88 Å². The maximum atomic E-state index is 13.0. The maximum absolute atomic E-state index is 13.0. The highest BCUT2D eigenvalue weighted by Crippen LogP contribution is 2.29. The fraction of sp³-hybridized carbons (Fsp3) is 0.0870. The number of aromatic nitrogens is 3. The molecule has 1 amide bonds. The predicted octanol–water partition coefficient (Wildman–Crippen LogP) is 5.45. The number of nitrogens with zero attached hydrogens (tertiary/aromatic N) is 3. The first-order valence-electron chi connectivity index (χ1n) is 9.37. The molecular weight excluding hydrogens is 412 g/mol. The molecule has 0 aliphatic heterocycles. The number of carbonyl (C=O) groups is 1. The SMILES string of the molecule is CSc1nc(NC(=O)c2cccnc2Sc2ccccc2)cn1Cc1ccccc1. The van der Waals surface area contributed by atoms with Crippen molar-refractivity contribution in [2.75, 3.05) is 11.6 Å². The van der Waals surface area contributed by atoms with E-state index in [-0.39, 0.29) is 5.91 Å². The van der Waals surface area contributed by atoms with E-state index < -0.39 is 0 Å². The van der Waals surface area contributed by atoms with Gasteiger partial charge in [0.15, 0.2) is 11.0 Å². The van der Waals surface area contributed by atoms with E-state index in [4.69, 9.17) is 0 Å². The number of carbonyl (C=O) groups excluding carboxylic acids is 1. The van der Waals surface area contributed by atoms with Crippen molar-refractivity contribution in [3.63, 3.8) is 0 Å². The van der Waals surface area contributed by atoms with Crippen molar-refractivity contribution in [2.45, 2.75) is 21.6 Å². The van der Waals surface area contributed by atoms with Gasteiger partial charge >= 0.3 is 0 Å². The number of imidazole rings is 1. The van der Waals surface area contributed by atoms with Crippen molar-refractivity contribution < 1.29 is 4.79 Å². The molecule has 150 valence electrons. The minimum absolute atomic E-state index is 0.224. The molecule has 0 fully saturated rings. The smallest absolute Gasteiger partial charge is 0.259 e. The lowest BCUT2D eigenvalue weighted by molar-refractivity contribution is 0.102. The van der Waals surface area contributed by atoms with Gasteiger partial charge in [0, 0.05) is 23.8 Å². The van der Waals surface area contributed by atoms with Crippen LogP contribution in [0, 0.1) is 0 Å². The van der Waals surface area contributed by atoms with Crippen LogP contribution in [0.3, 0.4) is 0 Å². The Labute approximate surface area is 184 Å². The minimum Gasteiger partial charge on any atom is -0.319 e. The van der Waals surface area contributed by atoms with Crippen LogP contribution in [-0.4, -0.2) is 26.7 Å². The zero-order valence-corrected chi connectivity index (χ0v) is 18.0. The molecule has 0 saturated carbocycles. The van der Waals surface area contributed by atoms with Crippen LogP contribution in [0.5, 0.6) is 0 Å². The quantitative estimate of drug-likeness (QED) is 0.393. The standard InChI is InChI=1S/C23H20N4OS2/c1-29-23-26-20(16-27(23)15-17-9-4-2-5-10-17)25-21(28)19-13-8-14-24-22(19)30-18-11-6-3-7-12-18/h2-14,16H,15H2,1H3,(H,25,28). The number of thioether (sulfide) groups is 1. The van der Waals surface area contributed by atoms with E-state index in [9.17, 15) is 4.79 Å². The van der Waals surface area contributed by atoms with Gasteiger partial charge in [-0.3, -0.25) is 4.79 Å². The monoisotopic (exact) mass is 432 g/mol. The van der Waals surface area contributed by atoms with Crippen LogP contribution in [0.2, 0.25) is 0 Å². The van der Waals surface area contributed by atoms with Gasteiger partial charge in [-0.25, -0.2) is 9.97 Å². The van der Waals surface area contributed by atoms with Gasteiger partial charge in [0.25, 0.3) is 5.91 Å². The van der Waals surface area contributed by atoms with Crippen molar-refractivity contribution in [1.82, 2.24) is 14.5 Å². The molecule has 4 rings (SSSR count). The van der Waals surface area contributed by atoms with Crippen LogP contribution in [-0.2, 0) is 6.54 Å². The van der Waals surface area contributed by atoms with E-state index in [2.05, 4.69) is 27.4 Å². The van der Waals surface area contributed by atoms with Gasteiger partial charge in [-0.05, 0) is 36.1 Å². The first-order valence-corrected chi connectivity index (χ1v) is 11.4. The largest absolute Gasteiger partial charge is 0.319 e. The summed E-state index contributed by atoms with van der Waals surface area (Å²) in [6, 6.07) is 23.6. The third-order valence-electron chi connectivity index (χ3n) is 4.33. The summed E-state index contributed by atoms with van der Waals surface area (Å²) in [7, 11) is 0. The van der Waals surface area contributed by atoms with Crippen molar-refractivity contribution in [1.29, 1.82) is 0 Å². The molecule has 2 heterocycles. The molecule has 4 aromatic rings. The molecule has 0 spiro atoms. The normalized spacial score (nSPS) is 10.7. The summed E-state index contributed by atoms with van der Waals surface area (Å²) in [5.41, 5.74) is 1.70. The van der Waals surface area contributed by atoms with Crippen molar-refractivity contribution in [3.05, 3.63) is 96.3 Å². The first kappa shape index (κ1) is 20.3. The van der Waals surface area contributed by atoms with E-state index in [0.717, 1.165) is 10.1 Å². The lowest BCUT2D eigenvalue weighted by Crippen LogP contribution is -2.13. The van der Waals surface area contributed by atoms with E-state index in [1.807, 2.05) is 65.6 Å². The third-order valence-corrected chi connectivity index (χ3v) is 6.05. The maximum Gasteiger partial charge on any atom is 0.259 e. The molecular formula is C23H20N4OS2. The van der Waals surface area contributed by atoms with E-state index in [1.54, 1.807) is 30.1 Å². The molecule has 0 unspecified atom stereocenters. The van der Waals surface area contributed by atoms with Gasteiger partial charge in [-0.2, -0.15) is 0 Å². The van der Waals surface area contributed by atoms with Gasteiger partial charge in [0.2, 0.25) is 0 Å². The second kappa shape index (κ2) is 9.65. The number of amides is 1. The summed E-state index contributed by atoms with van der Waals surface area (Å²) in [4.78, 5) is 23.0. The number of hydrogen-bond acceptors (Lipinski definition) is 5. The second-order valence-corrected chi connectivity index (χ2v) is 8.29. The number of nitrogens with one attached hydrogen (secondary N) is 1. The molecule has 5 nitrogen and oxygen atoms in total. The van der Waals surface area contributed by atoms with Gasteiger partial charge in [-0.15, -0.1) is 0 Å². The Bertz CT molecular complexity index is 1130. The predicted molar refractivity (Wildman–Crippen MR) is 122 cm³/mol. The molecule has 0 bridgehead atoms. The highest BCUT2D eigenvalue weighted by atomic mass is 32.2. The molecule has 7 heteroatoms. The first-order chi connectivity index (χ1) is 14.7. The van der Waals surface area contributed by atoms with Gasteiger partial charge in [-0.1, -0.05) is 72.1 Å². The molecule has 1 N–H and O–H groups in total. The Balaban J connectivity index is 1.53. The Kier molecular flexibility index (Phi) is 6.51. The zero-order chi connectivity index (χ0) is 20.8. The summed E-state index contributed by atoms with van der Waals surface area (Å²) >= 11 is 3.01. The lowest BCUT2D eigenvalue weighted by Gasteiger charge is -2.07. The molecule has 0 aliphatic rings.